The summed E-state index contributed by atoms with van der Waals surface area (Å²) < 4.78 is 12.7. The average molecular weight is 209 g/mol. The molecule has 78 valence electrons. The second-order valence-electron chi connectivity index (χ2n) is 3.09. The highest BCUT2D eigenvalue weighted by atomic mass is 19.1. The lowest BCUT2D eigenvalue weighted by Crippen LogP contribution is -2.31. The van der Waals surface area contributed by atoms with E-state index in [9.17, 15) is 14.0 Å². The van der Waals surface area contributed by atoms with Crippen LogP contribution in [-0.2, 0) is 4.79 Å². The van der Waals surface area contributed by atoms with Crippen molar-refractivity contribution in [1.29, 1.82) is 0 Å². The molecule has 1 heterocycles. The summed E-state index contributed by atoms with van der Waals surface area (Å²) in [5.74, 6) is -0.915. The van der Waals surface area contributed by atoms with Gasteiger partial charge in [-0.25, -0.2) is 14.1 Å². The fourth-order valence-electron chi connectivity index (χ4n) is 1.40. The minimum Gasteiger partial charge on any atom is -0.397 e. The number of imide groups is 1. The maximum absolute atomic E-state index is 12.7. The van der Waals surface area contributed by atoms with Crippen LogP contribution in [0.3, 0.4) is 0 Å². The van der Waals surface area contributed by atoms with E-state index in [1.807, 2.05) is 0 Å². The molecule has 0 unspecified atom stereocenters. The van der Waals surface area contributed by atoms with Crippen molar-refractivity contribution < 1.29 is 14.0 Å². The van der Waals surface area contributed by atoms with Crippen molar-refractivity contribution in [2.24, 2.45) is 0 Å². The predicted molar refractivity (Wildman–Crippen MR) is 51.7 cm³/mol. The van der Waals surface area contributed by atoms with Gasteiger partial charge >= 0.3 is 6.03 Å². The number of halogens is 1. The molecule has 0 atom stereocenters. The van der Waals surface area contributed by atoms with Crippen molar-refractivity contribution >= 4 is 23.3 Å². The number of nitrogens with two attached hydrogens (primary N) is 1. The molecule has 1 saturated heterocycles. The Bertz CT molecular complexity index is 431. The third kappa shape index (κ3) is 1.50. The molecule has 0 radical (unpaired) electrons. The Morgan fingerprint density at radius 1 is 1.40 bits per heavy atom. The number of carbonyl (C=O) groups is 2. The van der Waals surface area contributed by atoms with Crippen molar-refractivity contribution in [3.05, 3.63) is 24.0 Å². The number of nitrogen functional groups attached to an aromatic ring is 1. The van der Waals surface area contributed by atoms with Crippen molar-refractivity contribution in [3.63, 3.8) is 0 Å². The van der Waals surface area contributed by atoms with Crippen LogP contribution in [0.15, 0.2) is 18.2 Å². The number of nitrogens with one attached hydrogen (secondary N) is 1. The number of urea groups is 1. The number of rotatable bonds is 1. The van der Waals surface area contributed by atoms with Crippen LogP contribution in [0, 0.1) is 5.82 Å². The van der Waals surface area contributed by atoms with Gasteiger partial charge in [0, 0.05) is 0 Å². The van der Waals surface area contributed by atoms with Gasteiger partial charge in [0.15, 0.2) is 0 Å². The van der Waals surface area contributed by atoms with Gasteiger partial charge in [0.25, 0.3) is 5.91 Å². The zero-order chi connectivity index (χ0) is 11.0. The summed E-state index contributed by atoms with van der Waals surface area (Å²) in [5, 5.41) is 2.35. The lowest BCUT2D eigenvalue weighted by atomic mass is 10.2. The Labute approximate surface area is 84.7 Å². The summed E-state index contributed by atoms with van der Waals surface area (Å²) in [5.41, 5.74) is 5.77. The molecule has 3 N–H and O–H groups in total. The third-order valence-corrected chi connectivity index (χ3v) is 2.07. The molecule has 15 heavy (non-hydrogen) atoms. The van der Waals surface area contributed by atoms with Crippen LogP contribution < -0.4 is 16.0 Å². The molecular formula is C9H8FN3O2. The first kappa shape index (κ1) is 9.45. The Kier molecular flexibility index (Phi) is 2.03. The highest BCUT2D eigenvalue weighted by Crippen LogP contribution is 2.25. The first-order chi connectivity index (χ1) is 7.09. The molecule has 1 aliphatic rings. The largest absolute Gasteiger partial charge is 0.397 e. The molecule has 0 aliphatic carbocycles. The number of benzene rings is 1. The summed E-state index contributed by atoms with van der Waals surface area (Å²) in [7, 11) is 0. The molecule has 0 bridgehead atoms. The summed E-state index contributed by atoms with van der Waals surface area (Å²) in [4.78, 5) is 23.5. The van der Waals surface area contributed by atoms with E-state index in [0.29, 0.717) is 0 Å². The molecule has 1 fully saturated rings. The number of hydrogen-bond acceptors (Lipinski definition) is 3. The second-order valence-corrected chi connectivity index (χ2v) is 3.09. The Hall–Kier alpha value is -2.11. The Balaban J connectivity index is 2.45. The van der Waals surface area contributed by atoms with Crippen LogP contribution in [0.2, 0.25) is 0 Å². The average Bonchev–Trinajstić information content (AvgIpc) is 2.48. The lowest BCUT2D eigenvalue weighted by molar-refractivity contribution is -0.115. The fourth-order valence-corrected chi connectivity index (χ4v) is 1.40. The van der Waals surface area contributed by atoms with E-state index in [1.54, 1.807) is 0 Å². The Morgan fingerprint density at radius 3 is 2.67 bits per heavy atom. The summed E-state index contributed by atoms with van der Waals surface area (Å²) >= 11 is 0. The predicted octanol–water partition coefficient (Wildman–Crippen LogP) is 0.464. The third-order valence-electron chi connectivity index (χ3n) is 2.07. The van der Waals surface area contributed by atoms with Gasteiger partial charge in [0.05, 0.1) is 17.9 Å². The molecule has 3 amide bonds. The van der Waals surface area contributed by atoms with Gasteiger partial charge in [-0.1, -0.05) is 0 Å². The van der Waals surface area contributed by atoms with Crippen molar-refractivity contribution in [1.82, 2.24) is 5.32 Å². The number of anilines is 2. The highest BCUT2D eigenvalue weighted by molar-refractivity contribution is 6.21. The molecule has 6 heteroatoms. The van der Waals surface area contributed by atoms with E-state index in [4.69, 9.17) is 5.73 Å². The summed E-state index contributed by atoms with van der Waals surface area (Å²) in [6, 6.07) is 2.96. The van der Waals surface area contributed by atoms with E-state index < -0.39 is 17.8 Å². The maximum Gasteiger partial charge on any atom is 0.329 e. The highest BCUT2D eigenvalue weighted by Gasteiger charge is 2.31. The second kappa shape index (κ2) is 3.23. The van der Waals surface area contributed by atoms with E-state index in [-0.39, 0.29) is 17.9 Å². The van der Waals surface area contributed by atoms with Crippen molar-refractivity contribution in [2.75, 3.05) is 17.2 Å². The van der Waals surface area contributed by atoms with Gasteiger partial charge in [0.2, 0.25) is 0 Å². The standard InChI is InChI=1S/C9H8FN3O2/c10-5-1-2-7(6(11)3-5)13-8(14)4-12-9(13)15/h1-3H,4,11H2,(H,12,15). The zero-order valence-corrected chi connectivity index (χ0v) is 7.66. The van der Waals surface area contributed by atoms with Crippen LogP contribution in [0.4, 0.5) is 20.6 Å². The molecule has 5 nitrogen and oxygen atoms in total. The SMILES string of the molecule is Nc1cc(F)ccc1N1C(=O)CNC1=O. The Morgan fingerprint density at radius 2 is 2.13 bits per heavy atom. The first-order valence-electron chi connectivity index (χ1n) is 4.25. The number of amides is 3. The number of hydrogen-bond donors (Lipinski definition) is 2. The molecule has 2 rings (SSSR count). The van der Waals surface area contributed by atoms with Gasteiger partial charge in [-0.2, -0.15) is 0 Å². The molecule has 0 aromatic heterocycles. The van der Waals surface area contributed by atoms with Gasteiger partial charge in [0.1, 0.15) is 5.82 Å². The van der Waals surface area contributed by atoms with E-state index in [2.05, 4.69) is 5.32 Å². The van der Waals surface area contributed by atoms with Gasteiger partial charge < -0.3 is 11.1 Å². The van der Waals surface area contributed by atoms with Crippen molar-refractivity contribution in [3.8, 4) is 0 Å². The first-order valence-corrected chi connectivity index (χ1v) is 4.25. The topological polar surface area (TPSA) is 75.4 Å². The molecule has 0 saturated carbocycles. The lowest BCUT2D eigenvalue weighted by Gasteiger charge is -2.14. The molecule has 1 aromatic rings. The fraction of sp³-hybridized carbons (Fsp3) is 0.111. The van der Waals surface area contributed by atoms with Gasteiger partial charge in [-0.15, -0.1) is 0 Å². The minimum atomic E-state index is -0.543. The van der Waals surface area contributed by atoms with Crippen LogP contribution in [-0.4, -0.2) is 18.5 Å². The number of nitrogens with zero attached hydrogens (tertiary/aromatic N) is 1. The van der Waals surface area contributed by atoms with E-state index >= 15 is 0 Å². The van der Waals surface area contributed by atoms with E-state index in [0.717, 1.165) is 17.0 Å². The van der Waals surface area contributed by atoms with Crippen molar-refractivity contribution in [2.45, 2.75) is 0 Å². The molecule has 0 spiro atoms. The van der Waals surface area contributed by atoms with Crippen LogP contribution in [0.25, 0.3) is 0 Å². The van der Waals surface area contributed by atoms with Gasteiger partial charge in [-0.3, -0.25) is 4.79 Å². The van der Waals surface area contributed by atoms with Crippen LogP contribution in [0.5, 0.6) is 0 Å². The van der Waals surface area contributed by atoms with E-state index in [1.165, 1.54) is 6.07 Å². The monoisotopic (exact) mass is 209 g/mol. The zero-order valence-electron chi connectivity index (χ0n) is 7.66. The smallest absolute Gasteiger partial charge is 0.329 e. The minimum absolute atomic E-state index is 0.0559. The molecular weight excluding hydrogens is 201 g/mol. The molecule has 1 aliphatic heterocycles. The van der Waals surface area contributed by atoms with Gasteiger partial charge in [-0.05, 0) is 18.2 Å². The quantitative estimate of drug-likeness (QED) is 0.521. The molecule has 1 aromatic carbocycles. The maximum atomic E-state index is 12.7. The normalized spacial score (nSPS) is 15.7. The summed E-state index contributed by atoms with van der Waals surface area (Å²) in [6.07, 6.45) is 0. The van der Waals surface area contributed by atoms with Crippen LogP contribution >= 0.6 is 0 Å². The van der Waals surface area contributed by atoms with Crippen LogP contribution in [0.1, 0.15) is 0 Å². The summed E-state index contributed by atoms with van der Waals surface area (Å²) in [6.45, 7) is -0.0599. The number of carbonyl (C=O) groups excluding carboxylic acids is 2.